The molecular weight excluding hydrogens is 242 g/mol. The molecule has 14 heavy (non-hydrogen) atoms. The molecule has 0 saturated carbocycles. The number of anilines is 1. The van der Waals surface area contributed by atoms with E-state index in [-0.39, 0.29) is 0 Å². The number of nitrogens with two attached hydrogens (primary N) is 1. The molecular formula is C10H10BrN3. The smallest absolute Gasteiger partial charge is 0.150 e. The molecule has 0 spiro atoms. The molecule has 0 atom stereocenters. The lowest BCUT2D eigenvalue weighted by atomic mass is 10.1. The molecule has 1 heterocycles. The molecule has 3 nitrogen and oxygen atoms in total. The molecule has 0 amide bonds. The van der Waals surface area contributed by atoms with Crippen molar-refractivity contribution in [2.45, 2.75) is 0 Å². The van der Waals surface area contributed by atoms with Crippen LogP contribution in [0.15, 0.2) is 34.9 Å². The number of benzene rings is 1. The number of hydrazine groups is 1. The number of pyridine rings is 1. The van der Waals surface area contributed by atoms with E-state index in [0.29, 0.717) is 0 Å². The van der Waals surface area contributed by atoms with Gasteiger partial charge >= 0.3 is 0 Å². The fraction of sp³-hybridized carbons (Fsp3) is 0.100. The van der Waals surface area contributed by atoms with Gasteiger partial charge in [-0.05, 0) is 15.9 Å². The van der Waals surface area contributed by atoms with E-state index in [1.54, 1.807) is 13.2 Å². The Hall–Kier alpha value is -1.13. The summed E-state index contributed by atoms with van der Waals surface area (Å²) < 4.78 is 0.985. The topological polar surface area (TPSA) is 42.1 Å². The first kappa shape index (κ1) is 9.43. The van der Waals surface area contributed by atoms with Crippen molar-refractivity contribution in [3.63, 3.8) is 0 Å². The normalized spacial score (nSPS) is 10.5. The van der Waals surface area contributed by atoms with Crippen LogP contribution in [0, 0.1) is 0 Å². The Labute approximate surface area is 90.6 Å². The summed E-state index contributed by atoms with van der Waals surface area (Å²) in [5, 5.41) is 3.69. The van der Waals surface area contributed by atoms with Gasteiger partial charge in [-0.25, -0.2) is 10.8 Å². The highest BCUT2D eigenvalue weighted by Crippen LogP contribution is 2.28. The predicted octanol–water partition coefficient (Wildman–Crippen LogP) is 2.31. The van der Waals surface area contributed by atoms with Gasteiger partial charge in [0.15, 0.2) is 0 Å². The third-order valence-corrected chi connectivity index (χ3v) is 2.69. The summed E-state index contributed by atoms with van der Waals surface area (Å²) in [7, 11) is 1.78. The summed E-state index contributed by atoms with van der Waals surface area (Å²) in [4.78, 5) is 4.26. The maximum absolute atomic E-state index is 5.69. The van der Waals surface area contributed by atoms with Gasteiger partial charge in [-0.2, -0.15) is 0 Å². The Morgan fingerprint density at radius 1 is 1.29 bits per heavy atom. The first-order valence-electron chi connectivity index (χ1n) is 4.22. The Bertz CT molecular complexity index is 468. The molecule has 2 aromatic rings. The molecule has 72 valence electrons. The van der Waals surface area contributed by atoms with Crippen LogP contribution in [0.5, 0.6) is 0 Å². The summed E-state index contributed by atoms with van der Waals surface area (Å²) in [5.74, 6) is 6.47. The molecule has 0 saturated heterocycles. The molecule has 0 unspecified atom stereocenters. The lowest BCUT2D eigenvalue weighted by Crippen LogP contribution is -2.26. The Balaban J connectivity index is 2.82. The SMILES string of the molecule is CN(N)c1ncc(Br)c2ccccc12. The molecule has 1 aromatic heterocycles. The van der Waals surface area contributed by atoms with Crippen molar-refractivity contribution in [3.8, 4) is 0 Å². The van der Waals surface area contributed by atoms with Crippen LogP contribution in [0.2, 0.25) is 0 Å². The lowest BCUT2D eigenvalue weighted by Gasteiger charge is -2.13. The fourth-order valence-corrected chi connectivity index (χ4v) is 1.87. The van der Waals surface area contributed by atoms with Crippen molar-refractivity contribution in [1.29, 1.82) is 0 Å². The molecule has 2 N–H and O–H groups in total. The van der Waals surface area contributed by atoms with Crippen LogP contribution in [0.25, 0.3) is 10.8 Å². The van der Waals surface area contributed by atoms with Crippen LogP contribution in [0.3, 0.4) is 0 Å². The standard InChI is InChI=1S/C10H10BrN3/c1-14(12)10-8-5-3-2-4-7(8)9(11)6-13-10/h2-6H,12H2,1H3. The van der Waals surface area contributed by atoms with E-state index in [0.717, 1.165) is 21.1 Å². The van der Waals surface area contributed by atoms with Crippen LogP contribution in [-0.4, -0.2) is 12.0 Å². The molecule has 0 fully saturated rings. The minimum Gasteiger partial charge on any atom is -0.297 e. The predicted molar refractivity (Wildman–Crippen MR) is 62.0 cm³/mol. The highest BCUT2D eigenvalue weighted by atomic mass is 79.9. The number of hydrogen-bond acceptors (Lipinski definition) is 3. The zero-order valence-electron chi connectivity index (χ0n) is 7.74. The van der Waals surface area contributed by atoms with Crippen molar-refractivity contribution >= 4 is 32.5 Å². The summed E-state index contributed by atoms with van der Waals surface area (Å²) in [5.41, 5.74) is 0. The average Bonchev–Trinajstić information content (AvgIpc) is 2.18. The molecule has 0 aliphatic heterocycles. The summed E-state index contributed by atoms with van der Waals surface area (Å²) in [6, 6.07) is 8.01. The van der Waals surface area contributed by atoms with E-state index in [1.165, 1.54) is 5.01 Å². The third kappa shape index (κ3) is 1.47. The Morgan fingerprint density at radius 2 is 1.93 bits per heavy atom. The van der Waals surface area contributed by atoms with Crippen LogP contribution in [0.4, 0.5) is 5.82 Å². The van der Waals surface area contributed by atoms with Crippen molar-refractivity contribution in [2.24, 2.45) is 5.84 Å². The van der Waals surface area contributed by atoms with E-state index >= 15 is 0 Å². The first-order valence-corrected chi connectivity index (χ1v) is 5.01. The second kappa shape index (κ2) is 3.55. The minimum atomic E-state index is 0.781. The molecule has 0 bridgehead atoms. The van der Waals surface area contributed by atoms with Crippen LogP contribution < -0.4 is 10.9 Å². The van der Waals surface area contributed by atoms with E-state index in [1.807, 2.05) is 24.3 Å². The zero-order valence-corrected chi connectivity index (χ0v) is 9.32. The number of fused-ring (bicyclic) bond motifs is 1. The van der Waals surface area contributed by atoms with Crippen molar-refractivity contribution < 1.29 is 0 Å². The van der Waals surface area contributed by atoms with Crippen LogP contribution in [0.1, 0.15) is 0 Å². The monoisotopic (exact) mass is 251 g/mol. The highest BCUT2D eigenvalue weighted by Gasteiger charge is 2.06. The van der Waals surface area contributed by atoms with Crippen molar-refractivity contribution in [2.75, 3.05) is 12.1 Å². The van der Waals surface area contributed by atoms with Gasteiger partial charge in [-0.1, -0.05) is 24.3 Å². The molecule has 2 rings (SSSR count). The quantitative estimate of drug-likeness (QED) is 0.625. The van der Waals surface area contributed by atoms with Gasteiger partial charge in [0, 0.05) is 28.5 Å². The second-order valence-corrected chi connectivity index (χ2v) is 3.94. The van der Waals surface area contributed by atoms with Crippen LogP contribution in [-0.2, 0) is 0 Å². The molecule has 0 aliphatic carbocycles. The third-order valence-electron chi connectivity index (χ3n) is 2.06. The minimum absolute atomic E-state index is 0.781. The van der Waals surface area contributed by atoms with Crippen molar-refractivity contribution in [1.82, 2.24) is 4.98 Å². The number of halogens is 1. The number of aromatic nitrogens is 1. The van der Waals surface area contributed by atoms with E-state index in [2.05, 4.69) is 20.9 Å². The largest absolute Gasteiger partial charge is 0.297 e. The Kier molecular flexibility index (Phi) is 2.39. The molecule has 1 aromatic carbocycles. The van der Waals surface area contributed by atoms with Crippen LogP contribution >= 0.6 is 15.9 Å². The van der Waals surface area contributed by atoms with E-state index in [9.17, 15) is 0 Å². The number of nitrogens with zero attached hydrogens (tertiary/aromatic N) is 2. The van der Waals surface area contributed by atoms with Crippen molar-refractivity contribution in [3.05, 3.63) is 34.9 Å². The summed E-state index contributed by atoms with van der Waals surface area (Å²) in [6.07, 6.45) is 1.76. The van der Waals surface area contributed by atoms with E-state index < -0.39 is 0 Å². The highest BCUT2D eigenvalue weighted by molar-refractivity contribution is 9.10. The number of hydrogen-bond donors (Lipinski definition) is 1. The van der Waals surface area contributed by atoms with Gasteiger partial charge in [-0.3, -0.25) is 5.01 Å². The lowest BCUT2D eigenvalue weighted by molar-refractivity contribution is 0.986. The van der Waals surface area contributed by atoms with Gasteiger partial charge in [0.1, 0.15) is 5.82 Å². The Morgan fingerprint density at radius 3 is 2.57 bits per heavy atom. The fourth-order valence-electron chi connectivity index (χ4n) is 1.42. The van der Waals surface area contributed by atoms with Gasteiger partial charge in [0.05, 0.1) is 0 Å². The summed E-state index contributed by atoms with van der Waals surface area (Å²) in [6.45, 7) is 0. The maximum Gasteiger partial charge on any atom is 0.150 e. The maximum atomic E-state index is 5.69. The summed E-state index contributed by atoms with van der Waals surface area (Å²) >= 11 is 3.46. The zero-order chi connectivity index (χ0) is 10.1. The van der Waals surface area contributed by atoms with Gasteiger partial charge in [0.2, 0.25) is 0 Å². The van der Waals surface area contributed by atoms with Gasteiger partial charge in [-0.15, -0.1) is 0 Å². The molecule has 0 radical (unpaired) electrons. The first-order chi connectivity index (χ1) is 6.70. The van der Waals surface area contributed by atoms with Gasteiger partial charge < -0.3 is 0 Å². The average molecular weight is 252 g/mol. The van der Waals surface area contributed by atoms with E-state index in [4.69, 9.17) is 5.84 Å². The van der Waals surface area contributed by atoms with Gasteiger partial charge in [0.25, 0.3) is 0 Å². The molecule has 0 aliphatic rings. The molecule has 4 heteroatoms. The second-order valence-electron chi connectivity index (χ2n) is 3.09. The number of rotatable bonds is 1.